The van der Waals surface area contributed by atoms with E-state index in [2.05, 4.69) is 29.7 Å². The van der Waals surface area contributed by atoms with Crippen LogP contribution in [0.25, 0.3) is 0 Å². The van der Waals surface area contributed by atoms with Gasteiger partial charge in [0, 0.05) is 32.3 Å². The molecule has 0 bridgehead atoms. The van der Waals surface area contributed by atoms with Crippen molar-refractivity contribution in [1.82, 2.24) is 0 Å². The number of hydrogen-bond donors (Lipinski definition) is 0. The van der Waals surface area contributed by atoms with E-state index >= 15 is 0 Å². The summed E-state index contributed by atoms with van der Waals surface area (Å²) in [6, 6.07) is 8.03. The van der Waals surface area contributed by atoms with Crippen LogP contribution < -0.4 is 9.80 Å². The number of rotatable bonds is 5. The minimum absolute atomic E-state index is 0.108. The highest BCUT2D eigenvalue weighted by Crippen LogP contribution is 2.33. The summed E-state index contributed by atoms with van der Waals surface area (Å²) in [4.78, 5) is 27.9. The van der Waals surface area contributed by atoms with Crippen molar-refractivity contribution in [2.24, 2.45) is 5.92 Å². The van der Waals surface area contributed by atoms with Crippen molar-refractivity contribution < 1.29 is 14.3 Å². The van der Waals surface area contributed by atoms with E-state index in [1.807, 2.05) is 23.1 Å². The number of carbonyl (C=O) groups excluding carboxylic acids is 2. The molecule has 2 rings (SSSR count). The van der Waals surface area contributed by atoms with Crippen molar-refractivity contribution in [3.63, 3.8) is 0 Å². The van der Waals surface area contributed by atoms with E-state index in [1.54, 1.807) is 0 Å². The SMILES string of the molecule is COC(=O)CSCCC(=O)N1C[C@@H](C)CN(C)c2ccccc21. The number of anilines is 2. The molecular formula is C17H24N2O3S. The number of ether oxygens (including phenoxy) is 1. The fraction of sp³-hybridized carbons (Fsp3) is 0.529. The van der Waals surface area contributed by atoms with Gasteiger partial charge in [0.2, 0.25) is 5.91 Å². The summed E-state index contributed by atoms with van der Waals surface area (Å²) in [6.07, 6.45) is 0.423. The van der Waals surface area contributed by atoms with E-state index in [0.29, 0.717) is 23.8 Å². The standard InChI is InChI=1S/C17H24N2O3S/c1-13-10-18(2)14-6-4-5-7-15(14)19(11-13)16(20)8-9-23-12-17(21)22-3/h4-7,13H,8-12H2,1-3H3/t13-/m0/s1. The number of fused-ring (bicyclic) bond motifs is 1. The molecule has 126 valence electrons. The topological polar surface area (TPSA) is 49.9 Å². The van der Waals surface area contributed by atoms with Gasteiger partial charge in [-0.05, 0) is 18.1 Å². The molecule has 0 radical (unpaired) electrons. The number of hydrogen-bond acceptors (Lipinski definition) is 5. The van der Waals surface area contributed by atoms with Gasteiger partial charge in [0.05, 0.1) is 24.2 Å². The average Bonchev–Trinajstić information content (AvgIpc) is 2.68. The number of para-hydroxylation sites is 2. The molecule has 0 unspecified atom stereocenters. The fourth-order valence-corrected chi connectivity index (χ4v) is 3.54. The number of methoxy groups -OCH3 is 1. The summed E-state index contributed by atoms with van der Waals surface area (Å²) in [5.41, 5.74) is 2.06. The maximum Gasteiger partial charge on any atom is 0.315 e. The summed E-state index contributed by atoms with van der Waals surface area (Å²) in [6.45, 7) is 3.81. The van der Waals surface area contributed by atoms with Gasteiger partial charge in [0.25, 0.3) is 0 Å². The van der Waals surface area contributed by atoms with Crippen LogP contribution in [-0.4, -0.2) is 50.6 Å². The molecule has 1 heterocycles. The normalized spacial score (nSPS) is 17.4. The summed E-state index contributed by atoms with van der Waals surface area (Å²) in [5.74, 6) is 1.17. The molecular weight excluding hydrogens is 312 g/mol. The first-order valence-electron chi connectivity index (χ1n) is 7.78. The van der Waals surface area contributed by atoms with Crippen molar-refractivity contribution in [2.45, 2.75) is 13.3 Å². The lowest BCUT2D eigenvalue weighted by atomic mass is 10.1. The van der Waals surface area contributed by atoms with Crippen LogP contribution in [0.2, 0.25) is 0 Å². The lowest BCUT2D eigenvalue weighted by Gasteiger charge is -2.24. The van der Waals surface area contributed by atoms with Crippen LogP contribution >= 0.6 is 11.8 Å². The molecule has 0 saturated carbocycles. The first kappa shape index (κ1) is 17.7. The summed E-state index contributed by atoms with van der Waals surface area (Å²) < 4.78 is 4.60. The van der Waals surface area contributed by atoms with Gasteiger partial charge in [-0.25, -0.2) is 0 Å². The Morgan fingerprint density at radius 2 is 1.96 bits per heavy atom. The highest BCUT2D eigenvalue weighted by Gasteiger charge is 2.26. The first-order valence-corrected chi connectivity index (χ1v) is 8.93. The molecule has 6 heteroatoms. The van der Waals surface area contributed by atoms with Crippen LogP contribution in [-0.2, 0) is 14.3 Å². The molecule has 0 saturated heterocycles. The lowest BCUT2D eigenvalue weighted by molar-refractivity contribution is -0.137. The predicted octanol–water partition coefficient (Wildman–Crippen LogP) is 2.40. The fourth-order valence-electron chi connectivity index (χ4n) is 2.79. The first-order chi connectivity index (χ1) is 11.0. The monoisotopic (exact) mass is 336 g/mol. The molecule has 1 aromatic carbocycles. The second-order valence-corrected chi connectivity index (χ2v) is 6.96. The molecule has 0 spiro atoms. The largest absolute Gasteiger partial charge is 0.468 e. The third-order valence-electron chi connectivity index (χ3n) is 3.87. The quantitative estimate of drug-likeness (QED) is 0.610. The molecule has 1 aliphatic heterocycles. The van der Waals surface area contributed by atoms with Crippen molar-refractivity contribution in [2.75, 3.05) is 48.6 Å². The minimum Gasteiger partial charge on any atom is -0.468 e. The number of thioether (sulfide) groups is 1. The second-order valence-electron chi connectivity index (χ2n) is 5.86. The molecule has 1 aliphatic rings. The van der Waals surface area contributed by atoms with Crippen LogP contribution in [0.3, 0.4) is 0 Å². The Hall–Kier alpha value is -1.69. The smallest absolute Gasteiger partial charge is 0.315 e. The Kier molecular flexibility index (Phi) is 6.33. The Bertz CT molecular complexity index is 565. The van der Waals surface area contributed by atoms with Gasteiger partial charge in [0.1, 0.15) is 0 Å². The molecule has 1 aromatic rings. The van der Waals surface area contributed by atoms with Gasteiger partial charge < -0.3 is 14.5 Å². The number of amides is 1. The van der Waals surface area contributed by atoms with E-state index in [9.17, 15) is 9.59 Å². The minimum atomic E-state index is -0.252. The number of carbonyl (C=O) groups is 2. The summed E-state index contributed by atoms with van der Waals surface area (Å²) in [7, 11) is 3.44. The van der Waals surface area contributed by atoms with Crippen LogP contribution in [0.5, 0.6) is 0 Å². The number of benzene rings is 1. The Balaban J connectivity index is 2.03. The third-order valence-corrected chi connectivity index (χ3v) is 4.81. The van der Waals surface area contributed by atoms with Gasteiger partial charge in [0.15, 0.2) is 0 Å². The zero-order valence-corrected chi connectivity index (χ0v) is 14.8. The van der Waals surface area contributed by atoms with Crippen LogP contribution in [0.1, 0.15) is 13.3 Å². The van der Waals surface area contributed by atoms with Crippen LogP contribution in [0.15, 0.2) is 24.3 Å². The highest BCUT2D eigenvalue weighted by molar-refractivity contribution is 7.99. The molecule has 0 N–H and O–H groups in total. The Morgan fingerprint density at radius 1 is 1.26 bits per heavy atom. The van der Waals surface area contributed by atoms with Gasteiger partial charge in [-0.3, -0.25) is 9.59 Å². The van der Waals surface area contributed by atoms with Crippen molar-refractivity contribution >= 4 is 35.0 Å². The zero-order chi connectivity index (χ0) is 16.8. The average molecular weight is 336 g/mol. The summed E-state index contributed by atoms with van der Waals surface area (Å²) >= 11 is 1.43. The van der Waals surface area contributed by atoms with Crippen molar-refractivity contribution in [3.05, 3.63) is 24.3 Å². The van der Waals surface area contributed by atoms with Crippen molar-refractivity contribution in [1.29, 1.82) is 0 Å². The second kappa shape index (κ2) is 8.24. The molecule has 5 nitrogen and oxygen atoms in total. The molecule has 23 heavy (non-hydrogen) atoms. The van der Waals surface area contributed by atoms with Gasteiger partial charge in [-0.15, -0.1) is 11.8 Å². The predicted molar refractivity (Wildman–Crippen MR) is 95.2 cm³/mol. The summed E-state index contributed by atoms with van der Waals surface area (Å²) in [5, 5.41) is 0. The Labute approximate surface area is 142 Å². The van der Waals surface area contributed by atoms with Crippen LogP contribution in [0.4, 0.5) is 11.4 Å². The third kappa shape index (κ3) is 4.64. The molecule has 0 fully saturated rings. The molecule has 0 aromatic heterocycles. The van der Waals surface area contributed by atoms with Gasteiger partial charge >= 0.3 is 5.97 Å². The highest BCUT2D eigenvalue weighted by atomic mass is 32.2. The van der Waals surface area contributed by atoms with E-state index in [1.165, 1.54) is 18.9 Å². The maximum absolute atomic E-state index is 12.7. The van der Waals surface area contributed by atoms with E-state index in [0.717, 1.165) is 24.5 Å². The molecule has 1 atom stereocenters. The lowest BCUT2D eigenvalue weighted by Crippen LogP contribution is -2.35. The van der Waals surface area contributed by atoms with E-state index in [4.69, 9.17) is 0 Å². The van der Waals surface area contributed by atoms with E-state index < -0.39 is 0 Å². The van der Waals surface area contributed by atoms with Crippen LogP contribution in [0, 0.1) is 5.92 Å². The number of nitrogens with zero attached hydrogens (tertiary/aromatic N) is 2. The van der Waals surface area contributed by atoms with E-state index in [-0.39, 0.29) is 11.9 Å². The van der Waals surface area contributed by atoms with Gasteiger partial charge in [-0.2, -0.15) is 0 Å². The van der Waals surface area contributed by atoms with Crippen molar-refractivity contribution in [3.8, 4) is 0 Å². The Morgan fingerprint density at radius 3 is 2.65 bits per heavy atom. The molecule has 0 aliphatic carbocycles. The maximum atomic E-state index is 12.7. The number of esters is 1. The zero-order valence-electron chi connectivity index (χ0n) is 13.9. The van der Waals surface area contributed by atoms with Gasteiger partial charge in [-0.1, -0.05) is 19.1 Å². The molecule has 1 amide bonds.